The van der Waals surface area contributed by atoms with Crippen molar-refractivity contribution >= 4 is 15.7 Å². The molecule has 1 aromatic rings. The van der Waals surface area contributed by atoms with Crippen LogP contribution < -0.4 is 4.72 Å². The van der Waals surface area contributed by atoms with Crippen LogP contribution in [0, 0.1) is 10.1 Å². The van der Waals surface area contributed by atoms with Gasteiger partial charge in [0, 0.05) is 24.3 Å². The van der Waals surface area contributed by atoms with Gasteiger partial charge in [-0.2, -0.15) is 0 Å². The van der Waals surface area contributed by atoms with Crippen LogP contribution in [0.3, 0.4) is 0 Å². The van der Waals surface area contributed by atoms with Gasteiger partial charge in [-0.3, -0.25) is 10.1 Å². The minimum Gasteiger partial charge on any atom is -0.374 e. The molecule has 0 spiro atoms. The lowest BCUT2D eigenvalue weighted by Gasteiger charge is -2.16. The molecule has 1 unspecified atom stereocenters. The van der Waals surface area contributed by atoms with Gasteiger partial charge in [0.1, 0.15) is 0 Å². The second kappa shape index (κ2) is 6.09. The molecule has 0 bridgehead atoms. The number of nitro groups is 1. The van der Waals surface area contributed by atoms with E-state index >= 15 is 0 Å². The van der Waals surface area contributed by atoms with Crippen molar-refractivity contribution < 1.29 is 18.1 Å². The van der Waals surface area contributed by atoms with Crippen LogP contribution in [0.5, 0.6) is 0 Å². The predicted octanol–water partition coefficient (Wildman–Crippen LogP) is 1.60. The molecule has 1 aromatic carbocycles. The molecule has 0 amide bonds. The van der Waals surface area contributed by atoms with Crippen LogP contribution in [0.4, 0.5) is 5.69 Å². The second-order valence-electron chi connectivity index (χ2n) is 3.78. The van der Waals surface area contributed by atoms with Gasteiger partial charge in [0.2, 0.25) is 10.0 Å². The zero-order chi connectivity index (χ0) is 14.6. The maximum absolute atomic E-state index is 11.9. The monoisotopic (exact) mass is 288 g/mol. The Hall–Kier alpha value is -1.51. The highest BCUT2D eigenvalue weighted by atomic mass is 32.2. The molecular formula is C11H16N2O5S. The number of hydrogen-bond acceptors (Lipinski definition) is 5. The standard InChI is InChI=1S/C11H16N2O5S/c1-4-18-8(2)10-7-9(13(14)15)5-6-11(10)19(16,17)12-3/h5-8,12H,4H2,1-3H3. The van der Waals surface area contributed by atoms with Gasteiger partial charge in [0.05, 0.1) is 15.9 Å². The minimum absolute atomic E-state index is 0.0125. The molecule has 0 fully saturated rings. The van der Waals surface area contributed by atoms with Gasteiger partial charge >= 0.3 is 0 Å². The summed E-state index contributed by atoms with van der Waals surface area (Å²) in [5.41, 5.74) is 0.0991. The number of non-ortho nitro benzene ring substituents is 1. The van der Waals surface area contributed by atoms with Crippen molar-refractivity contribution in [2.75, 3.05) is 13.7 Å². The maximum Gasteiger partial charge on any atom is 0.269 e. The molecule has 8 heteroatoms. The molecule has 0 aliphatic heterocycles. The first-order valence-electron chi connectivity index (χ1n) is 5.67. The van der Waals surface area contributed by atoms with Crippen LogP contribution >= 0.6 is 0 Å². The van der Waals surface area contributed by atoms with Crippen LogP contribution in [0.1, 0.15) is 25.5 Å². The van der Waals surface area contributed by atoms with Crippen molar-refractivity contribution in [2.45, 2.75) is 24.8 Å². The fourth-order valence-electron chi connectivity index (χ4n) is 1.66. The highest BCUT2D eigenvalue weighted by Gasteiger charge is 2.23. The molecule has 1 N–H and O–H groups in total. The fourth-order valence-corrected chi connectivity index (χ4v) is 2.66. The van der Waals surface area contributed by atoms with Crippen molar-refractivity contribution in [3.05, 3.63) is 33.9 Å². The lowest BCUT2D eigenvalue weighted by molar-refractivity contribution is -0.385. The molecule has 0 saturated carbocycles. The van der Waals surface area contributed by atoms with E-state index in [0.29, 0.717) is 6.61 Å². The molecular weight excluding hydrogens is 272 g/mol. The number of hydrogen-bond donors (Lipinski definition) is 1. The Bertz CT molecular complexity index is 570. The van der Waals surface area contributed by atoms with Gasteiger partial charge in [-0.05, 0) is 27.0 Å². The smallest absolute Gasteiger partial charge is 0.269 e. The van der Waals surface area contributed by atoms with E-state index < -0.39 is 21.1 Å². The molecule has 0 aliphatic rings. The minimum atomic E-state index is -3.69. The lowest BCUT2D eigenvalue weighted by Crippen LogP contribution is -2.21. The number of benzene rings is 1. The zero-order valence-corrected chi connectivity index (χ0v) is 11.7. The number of nitrogens with zero attached hydrogens (tertiary/aromatic N) is 1. The van der Waals surface area contributed by atoms with Gasteiger partial charge in [0.15, 0.2) is 0 Å². The van der Waals surface area contributed by atoms with E-state index in [1.165, 1.54) is 19.2 Å². The SMILES string of the molecule is CCOC(C)c1cc([N+](=O)[O-])ccc1S(=O)(=O)NC. The number of ether oxygens (including phenoxy) is 1. The Morgan fingerprint density at radius 1 is 1.47 bits per heavy atom. The van der Waals surface area contributed by atoms with Crippen LogP contribution in [-0.2, 0) is 14.8 Å². The van der Waals surface area contributed by atoms with E-state index in [9.17, 15) is 18.5 Å². The van der Waals surface area contributed by atoms with E-state index in [0.717, 1.165) is 6.07 Å². The molecule has 0 aliphatic carbocycles. The molecule has 0 radical (unpaired) electrons. The van der Waals surface area contributed by atoms with E-state index in [2.05, 4.69) is 4.72 Å². The van der Waals surface area contributed by atoms with E-state index in [1.54, 1.807) is 13.8 Å². The third-order valence-electron chi connectivity index (χ3n) is 2.62. The third-order valence-corrected chi connectivity index (χ3v) is 4.11. The summed E-state index contributed by atoms with van der Waals surface area (Å²) in [7, 11) is -2.40. The number of rotatable bonds is 6. The number of nitrogens with one attached hydrogen (secondary N) is 1. The summed E-state index contributed by atoms with van der Waals surface area (Å²) in [6, 6.07) is 3.60. The molecule has 7 nitrogen and oxygen atoms in total. The zero-order valence-electron chi connectivity index (χ0n) is 10.9. The molecule has 0 aromatic heterocycles. The summed E-state index contributed by atoms with van der Waals surface area (Å²) in [6.07, 6.45) is -0.553. The highest BCUT2D eigenvalue weighted by Crippen LogP contribution is 2.28. The molecule has 1 atom stereocenters. The van der Waals surface area contributed by atoms with Crippen molar-refractivity contribution in [3.63, 3.8) is 0 Å². The van der Waals surface area contributed by atoms with Crippen LogP contribution in [0.25, 0.3) is 0 Å². The molecule has 0 saturated heterocycles. The first-order chi connectivity index (χ1) is 8.83. The quantitative estimate of drug-likeness (QED) is 0.633. The molecule has 1 rings (SSSR count). The van der Waals surface area contributed by atoms with Gasteiger partial charge < -0.3 is 4.74 Å². The molecule has 106 valence electrons. The summed E-state index contributed by atoms with van der Waals surface area (Å²) in [5, 5.41) is 10.8. The molecule has 19 heavy (non-hydrogen) atoms. The van der Waals surface area contributed by atoms with Crippen molar-refractivity contribution in [2.24, 2.45) is 0 Å². The van der Waals surface area contributed by atoms with Gasteiger partial charge in [-0.15, -0.1) is 0 Å². The summed E-state index contributed by atoms with van der Waals surface area (Å²) in [4.78, 5) is 10.2. The van der Waals surface area contributed by atoms with Gasteiger partial charge in [-0.1, -0.05) is 0 Å². The summed E-state index contributed by atoms with van der Waals surface area (Å²) >= 11 is 0. The largest absolute Gasteiger partial charge is 0.374 e. The average Bonchev–Trinajstić information content (AvgIpc) is 2.38. The topological polar surface area (TPSA) is 98.5 Å². The molecule has 0 heterocycles. The summed E-state index contributed by atoms with van der Waals surface area (Å²) in [5.74, 6) is 0. The Balaban J connectivity index is 3.43. The summed E-state index contributed by atoms with van der Waals surface area (Å²) in [6.45, 7) is 3.79. The number of nitro benzene ring substituents is 1. The van der Waals surface area contributed by atoms with Crippen molar-refractivity contribution in [3.8, 4) is 0 Å². The third kappa shape index (κ3) is 3.49. The highest BCUT2D eigenvalue weighted by molar-refractivity contribution is 7.89. The van der Waals surface area contributed by atoms with E-state index in [4.69, 9.17) is 4.74 Å². The average molecular weight is 288 g/mol. The Morgan fingerprint density at radius 3 is 2.58 bits per heavy atom. The Labute approximate surface area is 111 Å². The van der Waals surface area contributed by atoms with Crippen LogP contribution in [0.15, 0.2) is 23.1 Å². The van der Waals surface area contributed by atoms with Crippen molar-refractivity contribution in [1.82, 2.24) is 4.72 Å². The first-order valence-corrected chi connectivity index (χ1v) is 7.15. The van der Waals surface area contributed by atoms with Gasteiger partial charge in [-0.25, -0.2) is 13.1 Å². The normalized spacial score (nSPS) is 13.2. The predicted molar refractivity (Wildman–Crippen MR) is 69.4 cm³/mol. The second-order valence-corrected chi connectivity index (χ2v) is 5.64. The fraction of sp³-hybridized carbons (Fsp3) is 0.455. The maximum atomic E-state index is 11.9. The number of sulfonamides is 1. The lowest BCUT2D eigenvalue weighted by atomic mass is 10.1. The van der Waals surface area contributed by atoms with Gasteiger partial charge in [0.25, 0.3) is 5.69 Å². The van der Waals surface area contributed by atoms with E-state index in [-0.39, 0.29) is 16.1 Å². The first kappa shape index (κ1) is 15.5. The van der Waals surface area contributed by atoms with Crippen molar-refractivity contribution in [1.29, 1.82) is 0 Å². The van der Waals surface area contributed by atoms with E-state index in [1.807, 2.05) is 0 Å². The van der Waals surface area contributed by atoms with Crippen LogP contribution in [-0.4, -0.2) is 27.0 Å². The summed E-state index contributed by atoms with van der Waals surface area (Å²) < 4.78 is 31.3. The van der Waals surface area contributed by atoms with Crippen LogP contribution in [0.2, 0.25) is 0 Å². The Kier molecular flexibility index (Phi) is 4.98. The Morgan fingerprint density at radius 2 is 2.11 bits per heavy atom.